The van der Waals surface area contributed by atoms with E-state index in [-0.39, 0.29) is 19.0 Å². The van der Waals surface area contributed by atoms with E-state index >= 15 is 0 Å². The average molecular weight is 307 g/mol. The van der Waals surface area contributed by atoms with Gasteiger partial charge in [-0.25, -0.2) is 22.7 Å². The fourth-order valence-corrected chi connectivity index (χ4v) is 2.77. The average Bonchev–Trinajstić information content (AvgIpc) is 2.32. The summed E-state index contributed by atoms with van der Waals surface area (Å²) in [6, 6.07) is -1.30. The Labute approximate surface area is 118 Å². The van der Waals surface area contributed by atoms with Crippen LogP contribution in [0.15, 0.2) is 0 Å². The highest BCUT2D eigenvalue weighted by Gasteiger charge is 2.36. The maximum Gasteiger partial charge on any atom is 0.326 e. The lowest BCUT2D eigenvalue weighted by atomic mass is 9.91. The van der Waals surface area contributed by atoms with Crippen LogP contribution >= 0.6 is 0 Å². The Hall–Kier alpha value is -1.35. The van der Waals surface area contributed by atoms with Crippen LogP contribution in [0.5, 0.6) is 0 Å². The molecule has 0 radical (unpaired) electrons. The van der Waals surface area contributed by atoms with Gasteiger partial charge in [0, 0.05) is 19.6 Å². The lowest BCUT2D eigenvalue weighted by molar-refractivity contribution is -0.145. The minimum Gasteiger partial charge on any atom is -0.480 e. The number of carbonyl (C=O) groups is 2. The van der Waals surface area contributed by atoms with Gasteiger partial charge in [-0.2, -0.15) is 0 Å². The molecule has 9 heteroatoms. The van der Waals surface area contributed by atoms with Gasteiger partial charge < -0.3 is 15.3 Å². The highest BCUT2D eigenvalue weighted by Crippen LogP contribution is 2.23. The Bertz CT molecular complexity index is 465. The van der Waals surface area contributed by atoms with Gasteiger partial charge in [0.05, 0.1) is 6.26 Å². The molecule has 1 heterocycles. The zero-order valence-corrected chi connectivity index (χ0v) is 12.4. The first kappa shape index (κ1) is 16.7. The van der Waals surface area contributed by atoms with Crippen molar-refractivity contribution in [1.82, 2.24) is 14.9 Å². The predicted octanol–water partition coefficient (Wildman–Crippen LogP) is -0.570. The van der Waals surface area contributed by atoms with Gasteiger partial charge >= 0.3 is 12.0 Å². The van der Waals surface area contributed by atoms with E-state index in [1.165, 1.54) is 4.90 Å². The number of piperidine rings is 1. The molecule has 2 amide bonds. The molecule has 1 aliphatic rings. The summed E-state index contributed by atoms with van der Waals surface area (Å²) in [6.45, 7) is 2.39. The van der Waals surface area contributed by atoms with Gasteiger partial charge in [0.1, 0.15) is 6.04 Å². The molecule has 2 atom stereocenters. The van der Waals surface area contributed by atoms with Crippen LogP contribution in [0.1, 0.15) is 19.8 Å². The molecule has 1 fully saturated rings. The van der Waals surface area contributed by atoms with Crippen molar-refractivity contribution in [2.45, 2.75) is 25.8 Å². The number of hydrogen-bond acceptors (Lipinski definition) is 4. The zero-order valence-electron chi connectivity index (χ0n) is 11.6. The standard InChI is InChI=1S/C11H21N3O5S/c1-8-4-3-7-14(9(8)10(15)16)11(17)12-5-6-13-20(2,18)19/h8-9,13H,3-7H2,1-2H3,(H,12,17)(H,15,16). The Morgan fingerprint density at radius 3 is 2.55 bits per heavy atom. The number of likely N-dealkylation sites (tertiary alicyclic amines) is 1. The summed E-state index contributed by atoms with van der Waals surface area (Å²) in [4.78, 5) is 24.5. The molecule has 1 saturated heterocycles. The number of urea groups is 1. The summed E-state index contributed by atoms with van der Waals surface area (Å²) in [5, 5.41) is 11.7. The molecule has 1 rings (SSSR count). The van der Waals surface area contributed by atoms with Crippen molar-refractivity contribution in [1.29, 1.82) is 0 Å². The minimum atomic E-state index is -3.29. The topological polar surface area (TPSA) is 116 Å². The first-order chi connectivity index (χ1) is 9.22. The zero-order chi connectivity index (χ0) is 15.3. The van der Waals surface area contributed by atoms with Crippen molar-refractivity contribution < 1.29 is 23.1 Å². The third-order valence-electron chi connectivity index (χ3n) is 3.21. The predicted molar refractivity (Wildman–Crippen MR) is 72.8 cm³/mol. The lowest BCUT2D eigenvalue weighted by Gasteiger charge is -2.37. The van der Waals surface area contributed by atoms with Gasteiger partial charge in [0.25, 0.3) is 0 Å². The number of amides is 2. The number of carboxylic acids is 1. The van der Waals surface area contributed by atoms with Gasteiger partial charge in [-0.3, -0.25) is 0 Å². The normalized spacial score (nSPS) is 23.4. The number of nitrogens with one attached hydrogen (secondary N) is 2. The summed E-state index contributed by atoms with van der Waals surface area (Å²) in [5.41, 5.74) is 0. The molecule has 0 aromatic carbocycles. The summed E-state index contributed by atoms with van der Waals surface area (Å²) in [5.74, 6) is -1.11. The fourth-order valence-electron chi connectivity index (χ4n) is 2.30. The first-order valence-electron chi connectivity index (χ1n) is 6.44. The number of hydrogen-bond donors (Lipinski definition) is 3. The van der Waals surface area contributed by atoms with E-state index in [2.05, 4.69) is 10.0 Å². The van der Waals surface area contributed by atoms with E-state index < -0.39 is 28.1 Å². The maximum absolute atomic E-state index is 12.0. The number of rotatable bonds is 5. The Kier molecular flexibility index (Phi) is 5.75. The van der Waals surface area contributed by atoms with Crippen LogP contribution < -0.4 is 10.0 Å². The van der Waals surface area contributed by atoms with Crippen LogP contribution in [-0.4, -0.2) is 62.4 Å². The largest absolute Gasteiger partial charge is 0.480 e. The van der Waals surface area contributed by atoms with Crippen LogP contribution in [0.4, 0.5) is 4.79 Å². The third-order valence-corrected chi connectivity index (χ3v) is 3.94. The lowest BCUT2D eigenvalue weighted by Crippen LogP contribution is -2.55. The molecule has 1 aliphatic heterocycles. The van der Waals surface area contributed by atoms with Gasteiger partial charge in [-0.15, -0.1) is 0 Å². The van der Waals surface area contributed by atoms with Crippen LogP contribution in [0.3, 0.4) is 0 Å². The van der Waals surface area contributed by atoms with Crippen LogP contribution in [0.2, 0.25) is 0 Å². The van der Waals surface area contributed by atoms with Crippen LogP contribution in [0.25, 0.3) is 0 Å². The second-order valence-electron chi connectivity index (χ2n) is 4.99. The second-order valence-corrected chi connectivity index (χ2v) is 6.83. The van der Waals surface area contributed by atoms with E-state index in [1.54, 1.807) is 0 Å². The SMILES string of the molecule is CC1CCCN(C(=O)NCCNS(C)(=O)=O)C1C(=O)O. The third kappa shape index (κ3) is 4.97. The molecule has 0 aliphatic carbocycles. The highest BCUT2D eigenvalue weighted by atomic mass is 32.2. The fraction of sp³-hybridized carbons (Fsp3) is 0.818. The quantitative estimate of drug-likeness (QED) is 0.588. The molecular weight excluding hydrogens is 286 g/mol. The van der Waals surface area contributed by atoms with E-state index in [4.69, 9.17) is 0 Å². The maximum atomic E-state index is 12.0. The molecule has 0 aromatic heterocycles. The molecule has 3 N–H and O–H groups in total. The Morgan fingerprint density at radius 2 is 2.00 bits per heavy atom. The number of nitrogens with zero attached hydrogens (tertiary/aromatic N) is 1. The first-order valence-corrected chi connectivity index (χ1v) is 8.33. The number of aliphatic carboxylic acids is 1. The van der Waals surface area contributed by atoms with Crippen molar-refractivity contribution in [3.8, 4) is 0 Å². The summed E-state index contributed by atoms with van der Waals surface area (Å²) >= 11 is 0. The number of carboxylic acid groups (broad SMARTS) is 1. The molecule has 8 nitrogen and oxygen atoms in total. The van der Waals surface area contributed by atoms with E-state index in [9.17, 15) is 23.1 Å². The van der Waals surface area contributed by atoms with E-state index in [0.29, 0.717) is 6.54 Å². The monoisotopic (exact) mass is 307 g/mol. The summed E-state index contributed by atoms with van der Waals surface area (Å²) in [6.07, 6.45) is 2.57. The van der Waals surface area contributed by atoms with Crippen molar-refractivity contribution in [2.24, 2.45) is 5.92 Å². The molecule has 0 bridgehead atoms. The van der Waals surface area contributed by atoms with Crippen LogP contribution in [-0.2, 0) is 14.8 Å². The number of carbonyl (C=O) groups excluding carboxylic acids is 1. The molecule has 2 unspecified atom stereocenters. The van der Waals surface area contributed by atoms with Crippen molar-refractivity contribution in [3.63, 3.8) is 0 Å². The molecule has 0 spiro atoms. The smallest absolute Gasteiger partial charge is 0.326 e. The Morgan fingerprint density at radius 1 is 1.35 bits per heavy atom. The molecule has 0 aromatic rings. The van der Waals surface area contributed by atoms with E-state index in [0.717, 1.165) is 19.1 Å². The van der Waals surface area contributed by atoms with Gasteiger partial charge in [-0.05, 0) is 18.8 Å². The molecule has 20 heavy (non-hydrogen) atoms. The van der Waals surface area contributed by atoms with Crippen molar-refractivity contribution in [2.75, 3.05) is 25.9 Å². The minimum absolute atomic E-state index is 0.0751. The molecule has 0 saturated carbocycles. The second kappa shape index (κ2) is 6.89. The van der Waals surface area contributed by atoms with E-state index in [1.807, 2.05) is 6.92 Å². The van der Waals surface area contributed by atoms with Crippen molar-refractivity contribution >= 4 is 22.0 Å². The van der Waals surface area contributed by atoms with Gasteiger partial charge in [0.15, 0.2) is 0 Å². The highest BCUT2D eigenvalue weighted by molar-refractivity contribution is 7.88. The Balaban J connectivity index is 2.50. The molecule has 116 valence electrons. The number of sulfonamides is 1. The van der Waals surface area contributed by atoms with Crippen molar-refractivity contribution in [3.05, 3.63) is 0 Å². The summed E-state index contributed by atoms with van der Waals surface area (Å²) in [7, 11) is -3.29. The summed E-state index contributed by atoms with van der Waals surface area (Å²) < 4.78 is 23.9. The van der Waals surface area contributed by atoms with Gasteiger partial charge in [-0.1, -0.05) is 6.92 Å². The van der Waals surface area contributed by atoms with Gasteiger partial charge in [0.2, 0.25) is 10.0 Å². The molecular formula is C11H21N3O5S. The van der Waals surface area contributed by atoms with Crippen LogP contribution in [0, 0.1) is 5.92 Å².